The van der Waals surface area contributed by atoms with E-state index in [1.54, 1.807) is 0 Å². The van der Waals surface area contributed by atoms with Gasteiger partial charge in [-0.25, -0.2) is 4.39 Å². The molecule has 0 radical (unpaired) electrons. The Kier molecular flexibility index (Phi) is 3.60. The van der Waals surface area contributed by atoms with E-state index in [1.807, 2.05) is 36.4 Å². The Balaban J connectivity index is 1.64. The number of rotatable bonds is 4. The van der Waals surface area contributed by atoms with Gasteiger partial charge in [0.2, 0.25) is 0 Å². The highest BCUT2D eigenvalue weighted by atomic mass is 19.1. The average molecular weight is 255 g/mol. The Morgan fingerprint density at radius 3 is 2.05 bits per heavy atom. The van der Waals surface area contributed by atoms with Crippen LogP contribution in [-0.4, -0.2) is 23.7 Å². The molecule has 1 aliphatic rings. The molecule has 0 aromatic heterocycles. The molecule has 0 bridgehead atoms. The number of halogens is 1. The van der Waals surface area contributed by atoms with Crippen molar-refractivity contribution in [3.8, 4) is 0 Å². The number of hydrogen-bond acceptors (Lipinski definition) is 1. The molecule has 3 rings (SSSR count). The fraction of sp³-hybridized carbons (Fsp3) is 0.294. The lowest BCUT2D eigenvalue weighted by Gasteiger charge is -2.44. The minimum atomic E-state index is -0.691. The maximum Gasteiger partial charge on any atom is 0.129 e. The third-order valence-electron chi connectivity index (χ3n) is 3.81. The monoisotopic (exact) mass is 255 g/mol. The third-order valence-corrected chi connectivity index (χ3v) is 3.81. The number of hydrogen-bond donors (Lipinski definition) is 0. The molecule has 0 N–H and O–H groups in total. The minimum Gasteiger partial charge on any atom is -0.290 e. The Hall–Kier alpha value is -1.67. The van der Waals surface area contributed by atoms with E-state index < -0.39 is 6.17 Å². The van der Waals surface area contributed by atoms with Crippen molar-refractivity contribution in [3.63, 3.8) is 0 Å². The molecule has 1 heterocycles. The van der Waals surface area contributed by atoms with Crippen LogP contribution in [0.1, 0.15) is 11.1 Å². The lowest BCUT2D eigenvalue weighted by molar-refractivity contribution is -0.0155. The van der Waals surface area contributed by atoms with Gasteiger partial charge in [-0.15, -0.1) is 0 Å². The van der Waals surface area contributed by atoms with Crippen molar-refractivity contribution in [1.82, 2.24) is 4.90 Å². The molecule has 19 heavy (non-hydrogen) atoms. The first kappa shape index (κ1) is 12.4. The maximum absolute atomic E-state index is 13.8. The van der Waals surface area contributed by atoms with Crippen LogP contribution in [0.2, 0.25) is 0 Å². The molecule has 0 aliphatic carbocycles. The highest BCUT2D eigenvalue weighted by molar-refractivity contribution is 5.19. The zero-order valence-corrected chi connectivity index (χ0v) is 10.9. The zero-order valence-electron chi connectivity index (χ0n) is 10.9. The van der Waals surface area contributed by atoms with Crippen LogP contribution in [-0.2, 0) is 13.0 Å². The third kappa shape index (κ3) is 2.85. The predicted molar refractivity (Wildman–Crippen MR) is 75.7 cm³/mol. The summed E-state index contributed by atoms with van der Waals surface area (Å²) in [7, 11) is 0. The fourth-order valence-electron chi connectivity index (χ4n) is 2.68. The van der Waals surface area contributed by atoms with Crippen LogP contribution in [0.4, 0.5) is 4.39 Å². The van der Waals surface area contributed by atoms with E-state index in [0.717, 1.165) is 13.0 Å². The number of benzene rings is 2. The van der Waals surface area contributed by atoms with Crippen molar-refractivity contribution >= 4 is 0 Å². The van der Waals surface area contributed by atoms with Crippen LogP contribution < -0.4 is 0 Å². The van der Waals surface area contributed by atoms with Gasteiger partial charge in [0.1, 0.15) is 6.17 Å². The van der Waals surface area contributed by atoms with Crippen molar-refractivity contribution in [2.24, 2.45) is 0 Å². The van der Waals surface area contributed by atoms with Crippen molar-refractivity contribution in [2.75, 3.05) is 6.54 Å². The van der Waals surface area contributed by atoms with Crippen LogP contribution in [0.15, 0.2) is 60.7 Å². The largest absolute Gasteiger partial charge is 0.290 e. The van der Waals surface area contributed by atoms with Crippen molar-refractivity contribution in [3.05, 3.63) is 71.8 Å². The second-order valence-corrected chi connectivity index (χ2v) is 5.19. The highest BCUT2D eigenvalue weighted by Crippen LogP contribution is 2.26. The Morgan fingerprint density at radius 1 is 0.895 bits per heavy atom. The second-order valence-electron chi connectivity index (χ2n) is 5.19. The normalized spacial score (nSPS) is 23.0. The SMILES string of the molecule is FC1CN(Cc2ccccc2)[C@@H]1Cc1ccccc1. The summed E-state index contributed by atoms with van der Waals surface area (Å²) in [6.07, 6.45) is 0.110. The maximum atomic E-state index is 13.8. The molecule has 2 aromatic carbocycles. The average Bonchev–Trinajstić information content (AvgIpc) is 2.47. The van der Waals surface area contributed by atoms with Crippen molar-refractivity contribution < 1.29 is 4.39 Å². The summed E-state index contributed by atoms with van der Waals surface area (Å²) < 4.78 is 13.8. The summed E-state index contributed by atoms with van der Waals surface area (Å²) in [6, 6.07) is 20.5. The first-order valence-corrected chi connectivity index (χ1v) is 6.79. The van der Waals surface area contributed by atoms with Gasteiger partial charge in [0.05, 0.1) is 0 Å². The van der Waals surface area contributed by atoms with E-state index in [-0.39, 0.29) is 6.04 Å². The molecule has 98 valence electrons. The van der Waals surface area contributed by atoms with Crippen molar-refractivity contribution in [1.29, 1.82) is 0 Å². The van der Waals surface area contributed by atoms with E-state index >= 15 is 0 Å². The topological polar surface area (TPSA) is 3.24 Å². The van der Waals surface area contributed by atoms with Crippen LogP contribution >= 0.6 is 0 Å². The quantitative estimate of drug-likeness (QED) is 0.809. The molecule has 2 aromatic rings. The van der Waals surface area contributed by atoms with Gasteiger partial charge >= 0.3 is 0 Å². The number of alkyl halides is 1. The molecule has 1 fully saturated rings. The predicted octanol–water partition coefficient (Wildman–Crippen LogP) is 3.45. The molecule has 2 atom stereocenters. The summed E-state index contributed by atoms with van der Waals surface area (Å²) in [5.41, 5.74) is 2.47. The summed E-state index contributed by atoms with van der Waals surface area (Å²) in [5, 5.41) is 0. The molecule has 1 aliphatic heterocycles. The van der Waals surface area contributed by atoms with E-state index in [2.05, 4.69) is 29.2 Å². The molecule has 1 saturated heterocycles. The lowest BCUT2D eigenvalue weighted by Crippen LogP contribution is -2.58. The van der Waals surface area contributed by atoms with Gasteiger partial charge in [-0.05, 0) is 17.5 Å². The van der Waals surface area contributed by atoms with E-state index in [0.29, 0.717) is 6.54 Å². The molecule has 0 spiro atoms. The standard InChI is InChI=1S/C17H18FN/c18-16-13-19(12-15-9-5-2-6-10-15)17(16)11-14-7-3-1-4-8-14/h1-10,16-17H,11-13H2/t16?,17-/m1/s1. The number of nitrogens with zero attached hydrogens (tertiary/aromatic N) is 1. The Labute approximate surface area is 113 Å². The lowest BCUT2D eigenvalue weighted by atomic mass is 9.92. The van der Waals surface area contributed by atoms with Gasteiger partial charge in [-0.2, -0.15) is 0 Å². The highest BCUT2D eigenvalue weighted by Gasteiger charge is 2.38. The molecular weight excluding hydrogens is 237 g/mol. The van der Waals surface area contributed by atoms with E-state index in [1.165, 1.54) is 11.1 Å². The first-order valence-electron chi connectivity index (χ1n) is 6.79. The van der Waals surface area contributed by atoms with Crippen molar-refractivity contribution in [2.45, 2.75) is 25.2 Å². The van der Waals surface area contributed by atoms with Gasteiger partial charge in [-0.3, -0.25) is 4.90 Å². The minimum absolute atomic E-state index is 0.0302. The number of likely N-dealkylation sites (tertiary alicyclic amines) is 1. The van der Waals surface area contributed by atoms with Gasteiger partial charge in [0.25, 0.3) is 0 Å². The first-order chi connectivity index (χ1) is 9.33. The van der Waals surface area contributed by atoms with E-state index in [4.69, 9.17) is 0 Å². The van der Waals surface area contributed by atoms with Crippen LogP contribution in [0.5, 0.6) is 0 Å². The summed E-state index contributed by atoms with van der Waals surface area (Å²) in [5.74, 6) is 0. The summed E-state index contributed by atoms with van der Waals surface area (Å²) in [6.45, 7) is 1.41. The van der Waals surface area contributed by atoms with Crippen LogP contribution in [0.3, 0.4) is 0 Å². The van der Waals surface area contributed by atoms with Gasteiger partial charge < -0.3 is 0 Å². The summed E-state index contributed by atoms with van der Waals surface area (Å²) in [4.78, 5) is 2.23. The van der Waals surface area contributed by atoms with E-state index in [9.17, 15) is 4.39 Å². The molecule has 1 unspecified atom stereocenters. The molecule has 0 saturated carbocycles. The Bertz CT molecular complexity index is 511. The fourth-order valence-corrected chi connectivity index (χ4v) is 2.68. The van der Waals surface area contributed by atoms with Gasteiger partial charge in [0.15, 0.2) is 0 Å². The van der Waals surface area contributed by atoms with Crippen LogP contribution in [0, 0.1) is 0 Å². The molecule has 2 heteroatoms. The smallest absolute Gasteiger partial charge is 0.129 e. The molecule has 1 nitrogen and oxygen atoms in total. The Morgan fingerprint density at radius 2 is 1.47 bits per heavy atom. The summed E-state index contributed by atoms with van der Waals surface area (Å²) >= 11 is 0. The van der Waals surface area contributed by atoms with Gasteiger partial charge in [-0.1, -0.05) is 60.7 Å². The second kappa shape index (κ2) is 5.54. The zero-order chi connectivity index (χ0) is 13.1. The van der Waals surface area contributed by atoms with Crippen LogP contribution in [0.25, 0.3) is 0 Å². The van der Waals surface area contributed by atoms with Gasteiger partial charge in [0, 0.05) is 19.1 Å². The molecular formula is C17H18FN. The molecule has 0 amide bonds.